The Morgan fingerprint density at radius 3 is 1.57 bits per heavy atom. The van der Waals surface area contributed by atoms with Gasteiger partial charge in [-0.05, 0) is 19.1 Å². The van der Waals surface area contributed by atoms with Crippen molar-refractivity contribution in [3.63, 3.8) is 0 Å². The maximum atomic E-state index is 10.5. The summed E-state index contributed by atoms with van der Waals surface area (Å²) >= 11 is 0. The van der Waals surface area contributed by atoms with Crippen LogP contribution in [0.3, 0.4) is 0 Å². The molecule has 0 aliphatic heterocycles. The standard InChI is InChI=1S/C7H8O3S.C6H15NO3/c1-6-2-4-7(5-3-6)11(8,9)10;8-4-1-7(2-5-9)3-6-10/h2-5H,1H3,(H,8,9,10);8-10H,1-6H2. The van der Waals surface area contributed by atoms with Crippen LogP contribution < -0.4 is 0 Å². The van der Waals surface area contributed by atoms with Gasteiger partial charge in [-0.1, -0.05) is 17.7 Å². The second-order valence-corrected chi connectivity index (χ2v) is 5.72. The van der Waals surface area contributed by atoms with Crippen molar-refractivity contribution in [2.45, 2.75) is 11.8 Å². The summed E-state index contributed by atoms with van der Waals surface area (Å²) in [6.45, 7) is 3.59. The van der Waals surface area contributed by atoms with Crippen LogP contribution in [-0.4, -0.2) is 72.6 Å². The van der Waals surface area contributed by atoms with Crippen LogP contribution in [0.15, 0.2) is 29.2 Å². The Balaban J connectivity index is 0.000000384. The van der Waals surface area contributed by atoms with Crippen molar-refractivity contribution < 1.29 is 28.3 Å². The Kier molecular flexibility index (Phi) is 10.1. The molecule has 8 heteroatoms. The number of hydrogen-bond donors (Lipinski definition) is 4. The molecule has 1 aromatic rings. The summed E-state index contributed by atoms with van der Waals surface area (Å²) < 4.78 is 29.6. The zero-order valence-corrected chi connectivity index (χ0v) is 12.8. The normalized spacial score (nSPS) is 11.1. The smallest absolute Gasteiger partial charge is 0.294 e. The molecule has 122 valence electrons. The Morgan fingerprint density at radius 2 is 1.29 bits per heavy atom. The van der Waals surface area contributed by atoms with Gasteiger partial charge in [0.2, 0.25) is 0 Å². The number of aryl methyl sites for hydroxylation is 1. The van der Waals surface area contributed by atoms with Crippen LogP contribution in [0.4, 0.5) is 0 Å². The van der Waals surface area contributed by atoms with E-state index in [-0.39, 0.29) is 24.7 Å². The number of benzene rings is 1. The van der Waals surface area contributed by atoms with E-state index in [1.807, 2.05) is 6.92 Å². The molecule has 21 heavy (non-hydrogen) atoms. The van der Waals surface area contributed by atoms with E-state index in [4.69, 9.17) is 19.9 Å². The maximum absolute atomic E-state index is 10.5. The predicted octanol–water partition coefficient (Wildman–Crippen LogP) is -0.493. The highest BCUT2D eigenvalue weighted by molar-refractivity contribution is 7.85. The largest absolute Gasteiger partial charge is 0.395 e. The van der Waals surface area contributed by atoms with Gasteiger partial charge in [0, 0.05) is 19.6 Å². The van der Waals surface area contributed by atoms with E-state index in [1.165, 1.54) is 12.1 Å². The Labute approximate surface area is 125 Å². The fourth-order valence-corrected chi connectivity index (χ4v) is 1.95. The quantitative estimate of drug-likeness (QED) is 0.500. The first-order chi connectivity index (χ1) is 9.85. The van der Waals surface area contributed by atoms with Crippen LogP contribution in [0.2, 0.25) is 0 Å². The van der Waals surface area contributed by atoms with E-state index in [9.17, 15) is 8.42 Å². The zero-order chi connectivity index (χ0) is 16.3. The molecule has 4 N–H and O–H groups in total. The summed E-state index contributed by atoms with van der Waals surface area (Å²) in [6, 6.07) is 5.99. The van der Waals surface area contributed by atoms with Gasteiger partial charge in [-0.2, -0.15) is 8.42 Å². The van der Waals surface area contributed by atoms with Crippen LogP contribution in [0, 0.1) is 6.92 Å². The lowest BCUT2D eigenvalue weighted by molar-refractivity contribution is 0.136. The van der Waals surface area contributed by atoms with Gasteiger partial charge < -0.3 is 15.3 Å². The zero-order valence-electron chi connectivity index (χ0n) is 12.0. The molecule has 0 saturated carbocycles. The topological polar surface area (TPSA) is 118 Å². The van der Waals surface area contributed by atoms with Crippen LogP contribution in [-0.2, 0) is 10.1 Å². The molecule has 0 atom stereocenters. The van der Waals surface area contributed by atoms with Crippen molar-refractivity contribution in [1.82, 2.24) is 4.90 Å². The summed E-state index contributed by atoms with van der Waals surface area (Å²) in [4.78, 5) is 1.73. The third-order valence-electron chi connectivity index (χ3n) is 2.57. The van der Waals surface area contributed by atoms with Gasteiger partial charge in [-0.3, -0.25) is 9.45 Å². The SMILES string of the molecule is Cc1ccc(S(=O)(=O)O)cc1.OCCN(CCO)CCO. The van der Waals surface area contributed by atoms with Crippen LogP contribution in [0.25, 0.3) is 0 Å². The number of aliphatic hydroxyl groups is 3. The molecule has 0 spiro atoms. The van der Waals surface area contributed by atoms with Gasteiger partial charge in [-0.25, -0.2) is 0 Å². The Bertz CT molecular complexity index is 460. The Morgan fingerprint density at radius 1 is 0.905 bits per heavy atom. The van der Waals surface area contributed by atoms with Crippen molar-refractivity contribution in [2.75, 3.05) is 39.5 Å². The molecule has 0 amide bonds. The van der Waals surface area contributed by atoms with Crippen LogP contribution >= 0.6 is 0 Å². The average Bonchev–Trinajstić information content (AvgIpc) is 2.40. The number of aliphatic hydroxyl groups excluding tert-OH is 3. The highest BCUT2D eigenvalue weighted by Gasteiger charge is 2.06. The first kappa shape index (κ1) is 20.0. The van der Waals surface area contributed by atoms with Crippen molar-refractivity contribution in [1.29, 1.82) is 0 Å². The van der Waals surface area contributed by atoms with Crippen LogP contribution in [0.1, 0.15) is 5.56 Å². The second-order valence-electron chi connectivity index (χ2n) is 4.30. The summed E-state index contributed by atoms with van der Waals surface area (Å²) in [7, 11) is -4.02. The van der Waals surface area contributed by atoms with E-state index in [2.05, 4.69) is 0 Å². The summed E-state index contributed by atoms with van der Waals surface area (Å²) in [5.41, 5.74) is 0.956. The Hall–Kier alpha value is -1.03. The first-order valence-electron chi connectivity index (χ1n) is 6.44. The number of hydrogen-bond acceptors (Lipinski definition) is 6. The lowest BCUT2D eigenvalue weighted by Gasteiger charge is -2.17. The van der Waals surface area contributed by atoms with Crippen LogP contribution in [0.5, 0.6) is 0 Å². The van der Waals surface area contributed by atoms with Crippen molar-refractivity contribution in [2.24, 2.45) is 0 Å². The molecule has 0 heterocycles. The number of rotatable bonds is 7. The molecular weight excluding hydrogens is 298 g/mol. The molecule has 0 aliphatic carbocycles. The monoisotopic (exact) mass is 321 g/mol. The minimum absolute atomic E-state index is 0.0666. The minimum atomic E-state index is -4.02. The fraction of sp³-hybridized carbons (Fsp3) is 0.538. The van der Waals surface area contributed by atoms with E-state index < -0.39 is 10.1 Å². The van der Waals surface area contributed by atoms with Gasteiger partial charge in [0.1, 0.15) is 0 Å². The third kappa shape index (κ3) is 9.51. The van der Waals surface area contributed by atoms with Gasteiger partial charge in [0.25, 0.3) is 10.1 Å². The second kappa shape index (κ2) is 10.7. The molecule has 0 aliphatic rings. The molecule has 0 fully saturated rings. The van der Waals surface area contributed by atoms with E-state index >= 15 is 0 Å². The highest BCUT2D eigenvalue weighted by Crippen LogP contribution is 2.08. The summed E-state index contributed by atoms with van der Waals surface area (Å²) in [5.74, 6) is 0. The molecule has 0 radical (unpaired) electrons. The van der Waals surface area contributed by atoms with Gasteiger partial charge in [0.15, 0.2) is 0 Å². The molecule has 0 unspecified atom stereocenters. The molecular formula is C13H23NO6S. The van der Waals surface area contributed by atoms with Gasteiger partial charge in [0.05, 0.1) is 24.7 Å². The van der Waals surface area contributed by atoms with Gasteiger partial charge in [-0.15, -0.1) is 0 Å². The van der Waals surface area contributed by atoms with Crippen molar-refractivity contribution >= 4 is 10.1 Å². The predicted molar refractivity (Wildman–Crippen MR) is 78.7 cm³/mol. The van der Waals surface area contributed by atoms with E-state index in [0.717, 1.165) is 5.56 Å². The summed E-state index contributed by atoms with van der Waals surface area (Å²) in [5, 5.41) is 25.5. The van der Waals surface area contributed by atoms with Gasteiger partial charge >= 0.3 is 0 Å². The molecule has 0 saturated heterocycles. The van der Waals surface area contributed by atoms with Crippen molar-refractivity contribution in [3.05, 3.63) is 29.8 Å². The van der Waals surface area contributed by atoms with Crippen molar-refractivity contribution in [3.8, 4) is 0 Å². The lowest BCUT2D eigenvalue weighted by atomic mass is 10.2. The molecule has 0 aromatic heterocycles. The molecule has 7 nitrogen and oxygen atoms in total. The third-order valence-corrected chi connectivity index (χ3v) is 3.44. The molecule has 1 rings (SSSR count). The highest BCUT2D eigenvalue weighted by atomic mass is 32.2. The van der Waals surface area contributed by atoms with E-state index in [1.54, 1.807) is 17.0 Å². The minimum Gasteiger partial charge on any atom is -0.395 e. The fourth-order valence-electron chi connectivity index (χ4n) is 1.47. The number of nitrogens with zero attached hydrogens (tertiary/aromatic N) is 1. The average molecular weight is 321 g/mol. The maximum Gasteiger partial charge on any atom is 0.294 e. The first-order valence-corrected chi connectivity index (χ1v) is 7.88. The van der Waals surface area contributed by atoms with E-state index in [0.29, 0.717) is 19.6 Å². The summed E-state index contributed by atoms with van der Waals surface area (Å²) in [6.07, 6.45) is 0. The molecule has 1 aromatic carbocycles. The molecule has 0 bridgehead atoms. The lowest BCUT2D eigenvalue weighted by Crippen LogP contribution is -2.32.